The van der Waals surface area contributed by atoms with Crippen LogP contribution < -0.4 is 5.32 Å². The van der Waals surface area contributed by atoms with Gasteiger partial charge in [-0.2, -0.15) is 0 Å². The number of carbonyl (C=O) groups is 2. The molecule has 0 aliphatic heterocycles. The fourth-order valence-electron chi connectivity index (χ4n) is 1.39. The summed E-state index contributed by atoms with van der Waals surface area (Å²) in [6.07, 6.45) is 1.13. The Kier molecular flexibility index (Phi) is 3.51. The quantitative estimate of drug-likeness (QED) is 0.849. The van der Waals surface area contributed by atoms with Crippen LogP contribution in [0.15, 0.2) is 30.5 Å². The van der Waals surface area contributed by atoms with Crippen molar-refractivity contribution in [3.05, 3.63) is 42.0 Å². The van der Waals surface area contributed by atoms with E-state index >= 15 is 0 Å². The predicted octanol–water partition coefficient (Wildman–Crippen LogP) is 0.754. The van der Waals surface area contributed by atoms with Crippen molar-refractivity contribution in [1.29, 1.82) is 0 Å². The first-order valence-corrected chi connectivity index (χ1v) is 5.23. The number of amides is 1. The van der Waals surface area contributed by atoms with Gasteiger partial charge in [-0.05, 0) is 18.2 Å². The zero-order valence-corrected chi connectivity index (χ0v) is 9.58. The van der Waals surface area contributed by atoms with Crippen molar-refractivity contribution in [3.8, 4) is 0 Å². The topological polar surface area (TPSA) is 97.1 Å². The zero-order valence-electron chi connectivity index (χ0n) is 9.58. The van der Waals surface area contributed by atoms with Crippen molar-refractivity contribution < 1.29 is 19.1 Å². The molecular formula is C11H9FN4O3. The highest BCUT2D eigenvalue weighted by Crippen LogP contribution is 2.08. The third kappa shape index (κ3) is 3.35. The molecule has 0 spiro atoms. The van der Waals surface area contributed by atoms with Gasteiger partial charge in [0.1, 0.15) is 12.4 Å². The summed E-state index contributed by atoms with van der Waals surface area (Å²) in [6.45, 7) is -0.212. The van der Waals surface area contributed by atoms with Crippen LogP contribution in [0.3, 0.4) is 0 Å². The molecule has 0 atom stereocenters. The molecule has 0 bridgehead atoms. The van der Waals surface area contributed by atoms with Crippen LogP contribution in [-0.2, 0) is 11.3 Å². The third-order valence-electron chi connectivity index (χ3n) is 2.17. The van der Waals surface area contributed by atoms with Crippen molar-refractivity contribution in [3.63, 3.8) is 0 Å². The Bertz CT molecular complexity index is 626. The summed E-state index contributed by atoms with van der Waals surface area (Å²) >= 11 is 0. The van der Waals surface area contributed by atoms with Crippen LogP contribution >= 0.6 is 0 Å². The highest BCUT2D eigenvalue weighted by atomic mass is 19.1. The smallest absolute Gasteiger partial charge is 0.358 e. The number of nitrogens with one attached hydrogen (secondary N) is 1. The number of halogens is 1. The molecule has 1 amide bonds. The average molecular weight is 264 g/mol. The van der Waals surface area contributed by atoms with Gasteiger partial charge in [0.2, 0.25) is 5.91 Å². The monoisotopic (exact) mass is 264 g/mol. The van der Waals surface area contributed by atoms with Crippen LogP contribution in [0.4, 0.5) is 10.1 Å². The number of hydrogen-bond donors (Lipinski definition) is 2. The lowest BCUT2D eigenvalue weighted by atomic mass is 10.3. The van der Waals surface area contributed by atoms with Gasteiger partial charge in [-0.3, -0.25) is 4.79 Å². The van der Waals surface area contributed by atoms with E-state index in [0.29, 0.717) is 5.69 Å². The Morgan fingerprint density at radius 1 is 1.42 bits per heavy atom. The number of aromatic carboxylic acids is 1. The summed E-state index contributed by atoms with van der Waals surface area (Å²) in [5.74, 6) is -2.16. The average Bonchev–Trinajstić information content (AvgIpc) is 2.77. The van der Waals surface area contributed by atoms with E-state index in [9.17, 15) is 14.0 Å². The minimum absolute atomic E-state index is 0.212. The van der Waals surface area contributed by atoms with E-state index < -0.39 is 17.7 Å². The lowest BCUT2D eigenvalue weighted by Crippen LogP contribution is -2.19. The Morgan fingerprint density at radius 2 is 2.21 bits per heavy atom. The van der Waals surface area contributed by atoms with E-state index in [1.807, 2.05) is 0 Å². The number of rotatable bonds is 4. The van der Waals surface area contributed by atoms with Crippen LogP contribution in [-0.4, -0.2) is 32.0 Å². The van der Waals surface area contributed by atoms with Gasteiger partial charge in [0.15, 0.2) is 5.69 Å². The molecule has 19 heavy (non-hydrogen) atoms. The van der Waals surface area contributed by atoms with Gasteiger partial charge in [-0.25, -0.2) is 13.9 Å². The number of aromatic nitrogens is 3. The molecule has 2 rings (SSSR count). The maximum absolute atomic E-state index is 12.9. The number of carbonyl (C=O) groups excluding carboxylic acids is 1. The Morgan fingerprint density at radius 3 is 2.84 bits per heavy atom. The molecule has 7 nitrogen and oxygen atoms in total. The normalized spacial score (nSPS) is 10.2. The van der Waals surface area contributed by atoms with E-state index in [4.69, 9.17) is 5.11 Å². The maximum Gasteiger partial charge on any atom is 0.358 e. The first kappa shape index (κ1) is 12.7. The fraction of sp³-hybridized carbons (Fsp3) is 0.0909. The van der Waals surface area contributed by atoms with Gasteiger partial charge in [0.05, 0.1) is 6.20 Å². The minimum atomic E-state index is -1.23. The molecule has 8 heteroatoms. The molecule has 0 saturated heterocycles. The molecule has 0 saturated carbocycles. The summed E-state index contributed by atoms with van der Waals surface area (Å²) in [4.78, 5) is 22.2. The van der Waals surface area contributed by atoms with Crippen LogP contribution in [0, 0.1) is 5.82 Å². The SMILES string of the molecule is O=C(Cn1cc(C(=O)O)nn1)Nc1cccc(F)c1. The second-order valence-corrected chi connectivity index (χ2v) is 3.67. The number of carboxylic acids is 1. The highest BCUT2D eigenvalue weighted by molar-refractivity contribution is 5.90. The summed E-state index contributed by atoms with van der Waals surface area (Å²) < 4.78 is 14.0. The predicted molar refractivity (Wildman–Crippen MR) is 62.0 cm³/mol. The first-order valence-electron chi connectivity index (χ1n) is 5.23. The molecule has 0 fully saturated rings. The lowest BCUT2D eigenvalue weighted by molar-refractivity contribution is -0.116. The largest absolute Gasteiger partial charge is 0.476 e. The van der Waals surface area contributed by atoms with Gasteiger partial charge in [0, 0.05) is 5.69 Å². The number of carboxylic acid groups (broad SMARTS) is 1. The van der Waals surface area contributed by atoms with Crippen LogP contribution in [0.25, 0.3) is 0 Å². The first-order chi connectivity index (χ1) is 9.04. The van der Waals surface area contributed by atoms with E-state index in [-0.39, 0.29) is 12.2 Å². The van der Waals surface area contributed by atoms with Crippen molar-refractivity contribution in [2.45, 2.75) is 6.54 Å². The molecule has 0 unspecified atom stereocenters. The van der Waals surface area contributed by atoms with E-state index in [2.05, 4.69) is 15.6 Å². The van der Waals surface area contributed by atoms with Crippen molar-refractivity contribution in [2.75, 3.05) is 5.32 Å². The molecule has 0 aliphatic rings. The number of nitrogens with zero attached hydrogens (tertiary/aromatic N) is 3. The van der Waals surface area contributed by atoms with Gasteiger partial charge in [0.25, 0.3) is 0 Å². The van der Waals surface area contributed by atoms with Crippen LogP contribution in [0.5, 0.6) is 0 Å². The number of anilines is 1. The molecule has 0 radical (unpaired) electrons. The van der Waals surface area contributed by atoms with Crippen LogP contribution in [0.2, 0.25) is 0 Å². The molecule has 2 aromatic rings. The van der Waals surface area contributed by atoms with Gasteiger partial charge in [-0.1, -0.05) is 11.3 Å². The molecule has 1 heterocycles. The maximum atomic E-state index is 12.9. The standard InChI is InChI=1S/C11H9FN4O3/c12-7-2-1-3-8(4-7)13-10(17)6-16-5-9(11(18)19)14-15-16/h1-5H,6H2,(H,13,17)(H,18,19). The second kappa shape index (κ2) is 5.25. The van der Waals surface area contributed by atoms with Gasteiger partial charge in [-0.15, -0.1) is 5.10 Å². The van der Waals surface area contributed by atoms with Crippen molar-refractivity contribution in [1.82, 2.24) is 15.0 Å². The third-order valence-corrected chi connectivity index (χ3v) is 2.17. The number of hydrogen-bond acceptors (Lipinski definition) is 4. The zero-order chi connectivity index (χ0) is 13.8. The fourth-order valence-corrected chi connectivity index (χ4v) is 1.39. The molecular weight excluding hydrogens is 255 g/mol. The van der Waals surface area contributed by atoms with Crippen molar-refractivity contribution >= 4 is 17.6 Å². The molecule has 98 valence electrons. The Hall–Kier alpha value is -2.77. The second-order valence-electron chi connectivity index (χ2n) is 3.67. The summed E-state index contributed by atoms with van der Waals surface area (Å²) in [5.41, 5.74) is 0.0575. The van der Waals surface area contributed by atoms with Gasteiger partial charge < -0.3 is 10.4 Å². The lowest BCUT2D eigenvalue weighted by Gasteiger charge is -2.04. The Balaban J connectivity index is 1.99. The molecule has 1 aromatic heterocycles. The molecule has 1 aromatic carbocycles. The van der Waals surface area contributed by atoms with Crippen LogP contribution in [0.1, 0.15) is 10.5 Å². The van der Waals surface area contributed by atoms with E-state index in [0.717, 1.165) is 10.9 Å². The number of benzene rings is 1. The summed E-state index contributed by atoms with van der Waals surface area (Å²) in [6, 6.07) is 5.42. The molecule has 2 N–H and O–H groups in total. The van der Waals surface area contributed by atoms with E-state index in [1.165, 1.54) is 24.3 Å². The Labute approximate surface area is 106 Å². The molecule has 0 aliphatic carbocycles. The minimum Gasteiger partial charge on any atom is -0.476 e. The van der Waals surface area contributed by atoms with Crippen molar-refractivity contribution in [2.24, 2.45) is 0 Å². The highest BCUT2D eigenvalue weighted by Gasteiger charge is 2.10. The summed E-state index contributed by atoms with van der Waals surface area (Å²) in [5, 5.41) is 17.9. The van der Waals surface area contributed by atoms with Gasteiger partial charge >= 0.3 is 5.97 Å². The van der Waals surface area contributed by atoms with E-state index in [1.54, 1.807) is 0 Å². The summed E-state index contributed by atoms with van der Waals surface area (Å²) in [7, 11) is 0.